The van der Waals surface area contributed by atoms with Crippen LogP contribution in [-0.4, -0.2) is 40.5 Å². The molecule has 162 valence electrons. The van der Waals surface area contributed by atoms with E-state index in [1.807, 2.05) is 0 Å². The number of aliphatic hydroxyl groups is 1. The summed E-state index contributed by atoms with van der Waals surface area (Å²) in [6.45, 7) is 1.54. The number of benzene rings is 2. The number of para-hydroxylation sites is 1. The first-order valence-corrected chi connectivity index (χ1v) is 9.22. The number of carbonyl (C=O) groups excluding carboxylic acids is 1. The highest BCUT2D eigenvalue weighted by Crippen LogP contribution is 2.34. The van der Waals surface area contributed by atoms with Crippen LogP contribution >= 0.6 is 0 Å². The number of amides is 1. The predicted molar refractivity (Wildman–Crippen MR) is 107 cm³/mol. The van der Waals surface area contributed by atoms with Crippen LogP contribution in [0.2, 0.25) is 0 Å². The molecule has 2 N–H and O–H groups in total. The maximum absolute atomic E-state index is 13.1. The SMILES string of the molecule is Cc1c(-c2ccc(C(=O)NCCO)cc2)ncnc1N(OC(F)(F)F)c1ccccc1. The van der Waals surface area contributed by atoms with Gasteiger partial charge in [-0.05, 0) is 31.2 Å². The highest BCUT2D eigenvalue weighted by molar-refractivity contribution is 5.94. The molecule has 31 heavy (non-hydrogen) atoms. The number of rotatable bonds is 7. The molecule has 1 amide bonds. The van der Waals surface area contributed by atoms with Crippen LogP contribution in [0.15, 0.2) is 60.9 Å². The molecular formula is C21H19F3N4O3. The topological polar surface area (TPSA) is 87.6 Å². The van der Waals surface area contributed by atoms with Gasteiger partial charge in [0.05, 0.1) is 18.0 Å². The zero-order valence-corrected chi connectivity index (χ0v) is 16.4. The summed E-state index contributed by atoms with van der Waals surface area (Å²) in [4.78, 5) is 24.4. The summed E-state index contributed by atoms with van der Waals surface area (Å²) in [5, 5.41) is 11.9. The Kier molecular flexibility index (Phi) is 6.83. The third-order valence-corrected chi connectivity index (χ3v) is 4.25. The van der Waals surface area contributed by atoms with Crippen molar-refractivity contribution >= 4 is 17.4 Å². The molecule has 1 aromatic heterocycles. The van der Waals surface area contributed by atoms with Gasteiger partial charge in [-0.1, -0.05) is 30.3 Å². The van der Waals surface area contributed by atoms with E-state index >= 15 is 0 Å². The Morgan fingerprint density at radius 1 is 1.10 bits per heavy atom. The van der Waals surface area contributed by atoms with E-state index in [2.05, 4.69) is 20.1 Å². The van der Waals surface area contributed by atoms with Crippen molar-refractivity contribution in [3.05, 3.63) is 72.1 Å². The number of aliphatic hydroxyl groups excluding tert-OH is 1. The molecule has 7 nitrogen and oxygen atoms in total. The van der Waals surface area contributed by atoms with Crippen LogP contribution < -0.4 is 10.4 Å². The minimum Gasteiger partial charge on any atom is -0.395 e. The standard InChI is InChI=1S/C21H19F3N4O3/c1-14-18(15-7-9-16(10-8-15)20(30)25-11-12-29)26-13-27-19(14)28(31-21(22,23)24)17-5-3-2-4-6-17/h2-10,13,29H,11-12H2,1H3,(H,25,30). The third kappa shape index (κ3) is 5.56. The monoisotopic (exact) mass is 432 g/mol. The van der Waals surface area contributed by atoms with Crippen molar-refractivity contribution in [1.29, 1.82) is 0 Å². The van der Waals surface area contributed by atoms with E-state index in [-0.39, 0.29) is 30.6 Å². The molecule has 0 saturated heterocycles. The van der Waals surface area contributed by atoms with Gasteiger partial charge in [-0.15, -0.1) is 13.2 Å². The van der Waals surface area contributed by atoms with Crippen LogP contribution in [0.3, 0.4) is 0 Å². The Morgan fingerprint density at radius 2 is 1.77 bits per heavy atom. The summed E-state index contributed by atoms with van der Waals surface area (Å²) in [7, 11) is 0. The highest BCUT2D eigenvalue weighted by Gasteiger charge is 2.35. The van der Waals surface area contributed by atoms with Crippen LogP contribution in [0.4, 0.5) is 24.7 Å². The molecule has 0 unspecified atom stereocenters. The number of alkyl halides is 3. The minimum atomic E-state index is -4.93. The Labute approximate surface area is 176 Å². The maximum Gasteiger partial charge on any atom is 0.544 e. The zero-order valence-electron chi connectivity index (χ0n) is 16.4. The number of aromatic nitrogens is 2. The first-order chi connectivity index (χ1) is 14.8. The number of hydrogen-bond acceptors (Lipinski definition) is 6. The summed E-state index contributed by atoms with van der Waals surface area (Å²) < 4.78 is 39.2. The van der Waals surface area contributed by atoms with Crippen LogP contribution in [-0.2, 0) is 4.84 Å². The van der Waals surface area contributed by atoms with Gasteiger partial charge in [0, 0.05) is 23.2 Å². The quantitative estimate of drug-likeness (QED) is 0.553. The maximum atomic E-state index is 13.1. The summed E-state index contributed by atoms with van der Waals surface area (Å²) in [5.41, 5.74) is 1.84. The first-order valence-electron chi connectivity index (χ1n) is 9.22. The van der Waals surface area contributed by atoms with Gasteiger partial charge in [-0.2, -0.15) is 9.90 Å². The average molecular weight is 432 g/mol. The van der Waals surface area contributed by atoms with Crippen molar-refractivity contribution < 1.29 is 27.9 Å². The van der Waals surface area contributed by atoms with E-state index < -0.39 is 6.36 Å². The Balaban J connectivity index is 1.97. The van der Waals surface area contributed by atoms with Gasteiger partial charge in [0.1, 0.15) is 6.33 Å². The minimum absolute atomic E-state index is 0.0710. The van der Waals surface area contributed by atoms with Gasteiger partial charge in [-0.25, -0.2) is 9.97 Å². The van der Waals surface area contributed by atoms with E-state index in [9.17, 15) is 18.0 Å². The lowest BCUT2D eigenvalue weighted by Crippen LogP contribution is -2.29. The van der Waals surface area contributed by atoms with Gasteiger partial charge in [0.15, 0.2) is 5.82 Å². The lowest BCUT2D eigenvalue weighted by molar-refractivity contribution is -0.325. The molecule has 0 aliphatic carbocycles. The molecular weight excluding hydrogens is 413 g/mol. The van der Waals surface area contributed by atoms with Gasteiger partial charge in [0.2, 0.25) is 0 Å². The third-order valence-electron chi connectivity index (χ3n) is 4.25. The second-order valence-corrected chi connectivity index (χ2v) is 6.39. The molecule has 0 saturated carbocycles. The van der Waals surface area contributed by atoms with Gasteiger partial charge < -0.3 is 10.4 Å². The molecule has 10 heteroatoms. The van der Waals surface area contributed by atoms with Crippen LogP contribution in [0.25, 0.3) is 11.3 Å². The van der Waals surface area contributed by atoms with E-state index in [4.69, 9.17) is 5.11 Å². The zero-order chi connectivity index (χ0) is 22.4. The van der Waals surface area contributed by atoms with Crippen molar-refractivity contribution in [1.82, 2.24) is 15.3 Å². The van der Waals surface area contributed by atoms with E-state index in [0.717, 1.165) is 6.33 Å². The van der Waals surface area contributed by atoms with Gasteiger partial charge in [-0.3, -0.25) is 4.79 Å². The summed E-state index contributed by atoms with van der Waals surface area (Å²) in [6, 6.07) is 14.1. The largest absolute Gasteiger partial charge is 0.544 e. The summed E-state index contributed by atoms with van der Waals surface area (Å²) in [6.07, 6.45) is -3.79. The molecule has 0 spiro atoms. The van der Waals surface area contributed by atoms with Crippen LogP contribution in [0, 0.1) is 6.92 Å². The second kappa shape index (κ2) is 9.54. The predicted octanol–water partition coefficient (Wildman–Crippen LogP) is 3.76. The summed E-state index contributed by atoms with van der Waals surface area (Å²) >= 11 is 0. The number of anilines is 2. The fourth-order valence-corrected chi connectivity index (χ4v) is 2.87. The number of carbonyl (C=O) groups is 1. The van der Waals surface area contributed by atoms with E-state index in [1.165, 1.54) is 12.1 Å². The molecule has 0 aliphatic heterocycles. The van der Waals surface area contributed by atoms with Crippen molar-refractivity contribution in [2.24, 2.45) is 0 Å². The van der Waals surface area contributed by atoms with Gasteiger partial charge >= 0.3 is 6.36 Å². The fraction of sp³-hybridized carbons (Fsp3) is 0.190. The Hall–Kier alpha value is -3.50. The second-order valence-electron chi connectivity index (χ2n) is 6.39. The van der Waals surface area contributed by atoms with Gasteiger partial charge in [0.25, 0.3) is 5.91 Å². The molecule has 0 atom stereocenters. The first kappa shape index (κ1) is 22.2. The number of nitrogens with zero attached hydrogens (tertiary/aromatic N) is 3. The van der Waals surface area contributed by atoms with Crippen LogP contribution in [0.5, 0.6) is 0 Å². The van der Waals surface area contributed by atoms with Crippen molar-refractivity contribution in [3.8, 4) is 11.3 Å². The fourth-order valence-electron chi connectivity index (χ4n) is 2.87. The molecule has 0 aliphatic rings. The molecule has 0 bridgehead atoms. The average Bonchev–Trinajstić information content (AvgIpc) is 2.76. The van der Waals surface area contributed by atoms with Crippen LogP contribution in [0.1, 0.15) is 15.9 Å². The van der Waals surface area contributed by atoms with Crippen molar-refractivity contribution in [3.63, 3.8) is 0 Å². The molecule has 0 fully saturated rings. The summed E-state index contributed by atoms with van der Waals surface area (Å²) in [5.74, 6) is -0.423. The number of halogens is 3. The van der Waals surface area contributed by atoms with E-state index in [0.29, 0.717) is 27.4 Å². The molecule has 3 aromatic rings. The highest BCUT2D eigenvalue weighted by atomic mass is 19.4. The smallest absolute Gasteiger partial charge is 0.395 e. The molecule has 2 aromatic carbocycles. The molecule has 0 radical (unpaired) electrons. The van der Waals surface area contributed by atoms with Crippen molar-refractivity contribution in [2.45, 2.75) is 13.3 Å². The lowest BCUT2D eigenvalue weighted by Gasteiger charge is -2.25. The van der Waals surface area contributed by atoms with E-state index in [1.54, 1.807) is 49.4 Å². The number of nitrogens with one attached hydrogen (secondary N) is 1. The Bertz CT molecular complexity index is 1030. The molecule has 1 heterocycles. The lowest BCUT2D eigenvalue weighted by atomic mass is 10.0. The number of hydrogen-bond donors (Lipinski definition) is 2. The molecule has 3 rings (SSSR count). The van der Waals surface area contributed by atoms with Crippen molar-refractivity contribution in [2.75, 3.05) is 18.2 Å². The normalized spacial score (nSPS) is 11.3. The Morgan fingerprint density at radius 3 is 2.39 bits per heavy atom.